The number of hydrogen-bond donors (Lipinski definition) is 1. The van der Waals surface area contributed by atoms with Crippen molar-refractivity contribution in [2.24, 2.45) is 5.92 Å². The van der Waals surface area contributed by atoms with Crippen molar-refractivity contribution < 1.29 is 4.57 Å². The van der Waals surface area contributed by atoms with Crippen LogP contribution in [0, 0.1) is 5.92 Å². The molecule has 0 aromatic carbocycles. The fourth-order valence-electron chi connectivity index (χ4n) is 1.76. The molecule has 12 heavy (non-hydrogen) atoms. The van der Waals surface area contributed by atoms with E-state index in [0.29, 0.717) is 0 Å². The van der Waals surface area contributed by atoms with Gasteiger partial charge in [0.25, 0.3) is 0 Å². The molecule has 0 radical (unpaired) electrons. The Kier molecular flexibility index (Phi) is 3.63. The van der Waals surface area contributed by atoms with E-state index in [1.54, 1.807) is 0 Å². The Balaban J connectivity index is 0.000000720. The van der Waals surface area contributed by atoms with Gasteiger partial charge < -0.3 is 9.88 Å². The van der Waals surface area contributed by atoms with Gasteiger partial charge in [-0.2, -0.15) is 0 Å². The van der Waals surface area contributed by atoms with Crippen LogP contribution in [0.1, 0.15) is 12.8 Å². The lowest BCUT2D eigenvalue weighted by molar-refractivity contribution is 0.559. The van der Waals surface area contributed by atoms with E-state index in [0.717, 1.165) is 37.5 Å². The van der Waals surface area contributed by atoms with E-state index < -0.39 is 7.14 Å². The highest BCUT2D eigenvalue weighted by Crippen LogP contribution is 2.52. The third kappa shape index (κ3) is 2.76. The predicted octanol–water partition coefficient (Wildman–Crippen LogP) is 1.78. The van der Waals surface area contributed by atoms with Crippen LogP contribution in [0.2, 0.25) is 0 Å². The van der Waals surface area contributed by atoms with Crippen LogP contribution in [0.25, 0.3) is 0 Å². The van der Waals surface area contributed by atoms with Crippen molar-refractivity contribution in [3.8, 4) is 0 Å². The minimum atomic E-state index is -1.67. The van der Waals surface area contributed by atoms with Gasteiger partial charge in [-0.05, 0) is 18.8 Å². The number of nitrogens with one attached hydrogen (secondary N) is 1. The molecule has 1 saturated carbocycles. The lowest BCUT2D eigenvalue weighted by Gasteiger charge is -2.23. The predicted molar refractivity (Wildman–Crippen MR) is 55.0 cm³/mol. The zero-order valence-electron chi connectivity index (χ0n) is 7.29. The summed E-state index contributed by atoms with van der Waals surface area (Å²) in [6, 6.07) is 0. The fraction of sp³-hybridized carbons (Fsp3) is 1.00. The summed E-state index contributed by atoms with van der Waals surface area (Å²) < 4.78 is 12.0. The molecule has 2 rings (SSSR count). The molecule has 1 aliphatic carbocycles. The minimum Gasteiger partial charge on any atom is -0.323 e. The van der Waals surface area contributed by atoms with Crippen molar-refractivity contribution in [3.63, 3.8) is 0 Å². The van der Waals surface area contributed by atoms with E-state index in [2.05, 4.69) is 5.32 Å². The SMILES string of the molecule is Cl.O=P1(CC2CC2)CCNCC1. The van der Waals surface area contributed by atoms with Crippen LogP contribution in [-0.4, -0.2) is 31.6 Å². The largest absolute Gasteiger partial charge is 0.323 e. The summed E-state index contributed by atoms with van der Waals surface area (Å²) in [5, 5.41) is 3.26. The number of halogens is 1. The van der Waals surface area contributed by atoms with Crippen molar-refractivity contribution in [2.75, 3.05) is 31.6 Å². The summed E-state index contributed by atoms with van der Waals surface area (Å²) in [5.74, 6) is 0.846. The second-order valence-electron chi connectivity index (χ2n) is 3.88. The fourth-order valence-corrected chi connectivity index (χ4v) is 4.78. The van der Waals surface area contributed by atoms with Crippen LogP contribution in [0.5, 0.6) is 0 Å². The molecule has 1 N–H and O–H groups in total. The van der Waals surface area contributed by atoms with Gasteiger partial charge in [0.2, 0.25) is 0 Å². The molecule has 1 saturated heterocycles. The molecule has 0 aromatic heterocycles. The minimum absolute atomic E-state index is 0. The third-order valence-electron chi connectivity index (χ3n) is 2.68. The molecule has 0 bridgehead atoms. The van der Waals surface area contributed by atoms with Gasteiger partial charge in [0.05, 0.1) is 7.14 Å². The Morgan fingerprint density at radius 2 is 1.83 bits per heavy atom. The summed E-state index contributed by atoms with van der Waals surface area (Å²) in [6.45, 7) is 1.98. The second-order valence-corrected chi connectivity index (χ2v) is 7.26. The Morgan fingerprint density at radius 3 is 2.33 bits per heavy atom. The highest BCUT2D eigenvalue weighted by Gasteiger charge is 2.33. The molecular weight excluding hydrogens is 193 g/mol. The summed E-state index contributed by atoms with van der Waals surface area (Å²) in [7, 11) is -1.67. The molecule has 0 aromatic rings. The molecule has 1 heterocycles. The van der Waals surface area contributed by atoms with Crippen molar-refractivity contribution in [3.05, 3.63) is 0 Å². The van der Waals surface area contributed by atoms with Crippen LogP contribution in [-0.2, 0) is 4.57 Å². The van der Waals surface area contributed by atoms with Crippen LogP contribution in [0.15, 0.2) is 0 Å². The van der Waals surface area contributed by atoms with Crippen molar-refractivity contribution in [2.45, 2.75) is 12.8 Å². The van der Waals surface area contributed by atoms with Gasteiger partial charge in [-0.25, -0.2) is 0 Å². The zero-order valence-corrected chi connectivity index (χ0v) is 9.00. The lowest BCUT2D eigenvalue weighted by atomic mass is 10.5. The monoisotopic (exact) mass is 209 g/mol. The summed E-state index contributed by atoms with van der Waals surface area (Å²) in [4.78, 5) is 0. The van der Waals surface area contributed by atoms with E-state index in [1.165, 1.54) is 12.8 Å². The molecule has 4 heteroatoms. The Morgan fingerprint density at radius 1 is 1.25 bits per heavy atom. The summed E-state index contributed by atoms with van der Waals surface area (Å²) >= 11 is 0. The second kappa shape index (κ2) is 4.13. The van der Waals surface area contributed by atoms with Gasteiger partial charge in [0, 0.05) is 31.6 Å². The van der Waals surface area contributed by atoms with Gasteiger partial charge in [0.15, 0.2) is 0 Å². The van der Waals surface area contributed by atoms with Crippen molar-refractivity contribution in [1.82, 2.24) is 5.32 Å². The molecule has 0 amide bonds. The lowest BCUT2D eigenvalue weighted by Crippen LogP contribution is -2.29. The maximum atomic E-state index is 12.0. The third-order valence-corrected chi connectivity index (χ3v) is 5.94. The van der Waals surface area contributed by atoms with Crippen LogP contribution >= 0.6 is 19.5 Å². The normalized spacial score (nSPS) is 27.7. The smallest absolute Gasteiger partial charge is 0.0905 e. The quantitative estimate of drug-likeness (QED) is 0.703. The molecule has 0 spiro atoms. The number of hydrogen-bond acceptors (Lipinski definition) is 2. The van der Waals surface area contributed by atoms with Gasteiger partial charge in [-0.15, -0.1) is 12.4 Å². The first-order chi connectivity index (χ1) is 5.29. The first-order valence-corrected chi connectivity index (χ1v) is 6.83. The Labute approximate surface area is 80.3 Å². The summed E-state index contributed by atoms with van der Waals surface area (Å²) in [5.41, 5.74) is 0. The maximum Gasteiger partial charge on any atom is 0.0905 e. The molecule has 0 atom stereocenters. The molecular formula is C8H17ClNOP. The average Bonchev–Trinajstić information content (AvgIpc) is 2.72. The first kappa shape index (κ1) is 10.6. The highest BCUT2D eigenvalue weighted by atomic mass is 35.5. The van der Waals surface area contributed by atoms with E-state index in [1.807, 2.05) is 0 Å². The zero-order chi connectivity index (χ0) is 7.73. The van der Waals surface area contributed by atoms with Crippen LogP contribution in [0.3, 0.4) is 0 Å². The van der Waals surface area contributed by atoms with E-state index in [9.17, 15) is 4.57 Å². The van der Waals surface area contributed by atoms with Crippen LogP contribution in [0.4, 0.5) is 0 Å². The van der Waals surface area contributed by atoms with Crippen molar-refractivity contribution >= 4 is 19.5 Å². The van der Waals surface area contributed by atoms with Gasteiger partial charge in [-0.3, -0.25) is 0 Å². The molecule has 72 valence electrons. The molecule has 1 aliphatic heterocycles. The molecule has 2 aliphatic rings. The van der Waals surface area contributed by atoms with Crippen LogP contribution < -0.4 is 5.32 Å². The average molecular weight is 210 g/mol. The van der Waals surface area contributed by atoms with Gasteiger partial charge >= 0.3 is 0 Å². The van der Waals surface area contributed by atoms with E-state index >= 15 is 0 Å². The number of rotatable bonds is 2. The highest BCUT2D eigenvalue weighted by molar-refractivity contribution is 7.64. The first-order valence-electron chi connectivity index (χ1n) is 4.56. The van der Waals surface area contributed by atoms with Gasteiger partial charge in [0.1, 0.15) is 0 Å². The van der Waals surface area contributed by atoms with Gasteiger partial charge in [-0.1, -0.05) is 0 Å². The molecule has 2 fully saturated rings. The Hall–Kier alpha value is 0.480. The van der Waals surface area contributed by atoms with E-state index in [4.69, 9.17) is 0 Å². The topological polar surface area (TPSA) is 29.1 Å². The van der Waals surface area contributed by atoms with Crippen molar-refractivity contribution in [1.29, 1.82) is 0 Å². The molecule has 0 unspecified atom stereocenters. The maximum absolute atomic E-state index is 12.0. The van der Waals surface area contributed by atoms with E-state index in [-0.39, 0.29) is 12.4 Å². The Bertz CT molecular complexity index is 183. The standard InChI is InChI=1S/C8H16NOP.ClH/c10-11(7-8-1-2-8)5-3-9-4-6-11;/h8-9H,1-7H2;1H. The molecule has 2 nitrogen and oxygen atoms in total. The summed E-state index contributed by atoms with van der Waals surface area (Å²) in [6.07, 6.45) is 5.68.